The summed E-state index contributed by atoms with van der Waals surface area (Å²) >= 11 is 0. The van der Waals surface area contributed by atoms with Gasteiger partial charge in [-0.1, -0.05) is 19.3 Å². The summed E-state index contributed by atoms with van der Waals surface area (Å²) in [7, 11) is 0. The number of carbonyl (C=O) groups is 3. The van der Waals surface area contributed by atoms with Gasteiger partial charge in [0.2, 0.25) is 0 Å². The van der Waals surface area contributed by atoms with E-state index in [1.165, 1.54) is 13.3 Å². The number of carboxylic acids is 1. The quantitative estimate of drug-likeness (QED) is 0.681. The average molecular weight is 272 g/mol. The maximum absolute atomic E-state index is 11.5. The van der Waals surface area contributed by atoms with Gasteiger partial charge >= 0.3 is 12.0 Å². The smallest absolute Gasteiger partial charge is 0.332 e. The Morgan fingerprint density at radius 1 is 1.26 bits per heavy atom. The molecule has 7 heteroatoms. The molecule has 0 saturated heterocycles. The van der Waals surface area contributed by atoms with Crippen molar-refractivity contribution in [3.05, 3.63) is 0 Å². The second kappa shape index (κ2) is 7.73. The molecule has 1 aliphatic rings. The molecule has 0 aromatic rings. The van der Waals surface area contributed by atoms with Crippen LogP contribution in [-0.2, 0) is 14.3 Å². The summed E-state index contributed by atoms with van der Waals surface area (Å²) in [5.41, 5.74) is 0. The van der Waals surface area contributed by atoms with Crippen molar-refractivity contribution in [2.45, 2.75) is 51.2 Å². The van der Waals surface area contributed by atoms with Crippen LogP contribution in [-0.4, -0.2) is 41.8 Å². The van der Waals surface area contributed by atoms with Gasteiger partial charge in [0.05, 0.1) is 0 Å². The van der Waals surface area contributed by atoms with E-state index in [0.717, 1.165) is 25.7 Å². The molecular weight excluding hydrogens is 252 g/mol. The molecule has 1 unspecified atom stereocenters. The first-order valence-electron chi connectivity index (χ1n) is 6.44. The number of imide groups is 1. The zero-order valence-corrected chi connectivity index (χ0v) is 11.0. The van der Waals surface area contributed by atoms with Crippen molar-refractivity contribution in [3.8, 4) is 0 Å². The first-order valence-corrected chi connectivity index (χ1v) is 6.44. The van der Waals surface area contributed by atoms with Crippen molar-refractivity contribution in [2.24, 2.45) is 0 Å². The van der Waals surface area contributed by atoms with E-state index in [4.69, 9.17) is 9.84 Å². The summed E-state index contributed by atoms with van der Waals surface area (Å²) < 4.78 is 4.76. The van der Waals surface area contributed by atoms with Crippen LogP contribution in [0.2, 0.25) is 0 Å². The van der Waals surface area contributed by atoms with Gasteiger partial charge in [-0.3, -0.25) is 10.1 Å². The lowest BCUT2D eigenvalue weighted by Crippen LogP contribution is -2.46. The van der Waals surface area contributed by atoms with Crippen LogP contribution in [0, 0.1) is 0 Å². The number of amides is 3. The Hall–Kier alpha value is -1.63. The van der Waals surface area contributed by atoms with Crippen molar-refractivity contribution in [2.75, 3.05) is 6.61 Å². The Labute approximate surface area is 111 Å². The van der Waals surface area contributed by atoms with E-state index in [2.05, 4.69) is 10.6 Å². The second-order valence-corrected chi connectivity index (χ2v) is 4.65. The minimum Gasteiger partial charge on any atom is -0.479 e. The fraction of sp³-hybridized carbons (Fsp3) is 0.750. The van der Waals surface area contributed by atoms with Crippen LogP contribution in [0.4, 0.5) is 4.79 Å². The van der Waals surface area contributed by atoms with Crippen molar-refractivity contribution in [1.82, 2.24) is 10.6 Å². The highest BCUT2D eigenvalue weighted by atomic mass is 16.5. The van der Waals surface area contributed by atoms with Crippen LogP contribution in [0.5, 0.6) is 0 Å². The highest BCUT2D eigenvalue weighted by Gasteiger charge is 2.18. The molecule has 1 atom stereocenters. The minimum absolute atomic E-state index is 0.111. The van der Waals surface area contributed by atoms with Crippen molar-refractivity contribution in [1.29, 1.82) is 0 Å². The Bertz CT molecular complexity index is 339. The molecule has 108 valence electrons. The molecule has 1 saturated carbocycles. The molecular formula is C12H20N2O5. The molecule has 0 heterocycles. The maximum atomic E-state index is 11.5. The van der Waals surface area contributed by atoms with Gasteiger partial charge < -0.3 is 15.2 Å². The summed E-state index contributed by atoms with van der Waals surface area (Å²) in [4.78, 5) is 33.3. The lowest BCUT2D eigenvalue weighted by atomic mass is 9.96. The normalized spacial score (nSPS) is 17.5. The van der Waals surface area contributed by atoms with E-state index >= 15 is 0 Å². The molecule has 0 aromatic heterocycles. The van der Waals surface area contributed by atoms with E-state index < -0.39 is 30.6 Å². The van der Waals surface area contributed by atoms with Crippen LogP contribution in [0.15, 0.2) is 0 Å². The predicted octanol–water partition coefficient (Wildman–Crippen LogP) is 0.635. The lowest BCUT2D eigenvalue weighted by molar-refractivity contribution is -0.150. The molecule has 0 radical (unpaired) electrons. The topological polar surface area (TPSA) is 105 Å². The molecule has 0 spiro atoms. The summed E-state index contributed by atoms with van der Waals surface area (Å²) in [5.74, 6) is -1.80. The van der Waals surface area contributed by atoms with Crippen molar-refractivity contribution in [3.63, 3.8) is 0 Å². The third-order valence-electron chi connectivity index (χ3n) is 3.01. The van der Waals surface area contributed by atoms with Crippen molar-refractivity contribution >= 4 is 17.9 Å². The summed E-state index contributed by atoms with van der Waals surface area (Å²) in [6.07, 6.45) is 4.12. The van der Waals surface area contributed by atoms with Gasteiger partial charge in [0.15, 0.2) is 6.10 Å². The number of ether oxygens (including phenoxy) is 1. The number of urea groups is 1. The van der Waals surface area contributed by atoms with Crippen LogP contribution >= 0.6 is 0 Å². The van der Waals surface area contributed by atoms with Crippen LogP contribution in [0.1, 0.15) is 39.0 Å². The Morgan fingerprint density at radius 3 is 2.47 bits per heavy atom. The maximum Gasteiger partial charge on any atom is 0.332 e. The van der Waals surface area contributed by atoms with E-state index in [0.29, 0.717) is 0 Å². The predicted molar refractivity (Wildman–Crippen MR) is 66.6 cm³/mol. The zero-order chi connectivity index (χ0) is 14.3. The van der Waals surface area contributed by atoms with Gasteiger partial charge in [0, 0.05) is 6.04 Å². The standard InChI is InChI=1S/C12H20N2O5/c1-8(11(16)17)19-7-10(15)14-12(18)13-9-5-3-2-4-6-9/h8-9H,2-7H2,1H3,(H,16,17)(H2,13,14,15,18). The highest BCUT2D eigenvalue weighted by Crippen LogP contribution is 2.16. The first-order chi connectivity index (χ1) is 8.99. The molecule has 7 nitrogen and oxygen atoms in total. The zero-order valence-electron chi connectivity index (χ0n) is 11.0. The van der Waals surface area contributed by atoms with Gasteiger partial charge in [-0.15, -0.1) is 0 Å². The molecule has 0 bridgehead atoms. The van der Waals surface area contributed by atoms with Crippen LogP contribution < -0.4 is 10.6 Å². The summed E-state index contributed by atoms with van der Waals surface area (Å²) in [5, 5.41) is 13.4. The second-order valence-electron chi connectivity index (χ2n) is 4.65. The molecule has 1 aliphatic carbocycles. The van der Waals surface area contributed by atoms with Gasteiger partial charge in [-0.25, -0.2) is 9.59 Å². The Morgan fingerprint density at radius 2 is 1.89 bits per heavy atom. The number of nitrogens with one attached hydrogen (secondary N) is 2. The number of carboxylic acid groups (broad SMARTS) is 1. The van der Waals surface area contributed by atoms with E-state index in [-0.39, 0.29) is 6.04 Å². The molecule has 3 amide bonds. The SMILES string of the molecule is CC(OCC(=O)NC(=O)NC1CCCCC1)C(=O)O. The van der Waals surface area contributed by atoms with Gasteiger partial charge in [-0.05, 0) is 19.8 Å². The molecule has 1 fully saturated rings. The van der Waals surface area contributed by atoms with E-state index in [1.54, 1.807) is 0 Å². The van der Waals surface area contributed by atoms with E-state index in [9.17, 15) is 14.4 Å². The monoisotopic (exact) mass is 272 g/mol. The number of aliphatic carboxylic acids is 1. The first kappa shape index (κ1) is 15.4. The Balaban J connectivity index is 2.20. The number of hydrogen-bond donors (Lipinski definition) is 3. The van der Waals surface area contributed by atoms with Crippen LogP contribution in [0.25, 0.3) is 0 Å². The average Bonchev–Trinajstić information content (AvgIpc) is 2.36. The van der Waals surface area contributed by atoms with Gasteiger partial charge in [-0.2, -0.15) is 0 Å². The van der Waals surface area contributed by atoms with Gasteiger partial charge in [0.1, 0.15) is 6.61 Å². The third kappa shape index (κ3) is 6.19. The van der Waals surface area contributed by atoms with E-state index in [1.807, 2.05) is 0 Å². The fourth-order valence-electron chi connectivity index (χ4n) is 1.90. The molecule has 0 aliphatic heterocycles. The molecule has 3 N–H and O–H groups in total. The van der Waals surface area contributed by atoms with Crippen molar-refractivity contribution < 1.29 is 24.2 Å². The largest absolute Gasteiger partial charge is 0.479 e. The third-order valence-corrected chi connectivity index (χ3v) is 3.01. The van der Waals surface area contributed by atoms with Gasteiger partial charge in [0.25, 0.3) is 5.91 Å². The minimum atomic E-state index is -1.15. The molecule has 19 heavy (non-hydrogen) atoms. The molecule has 0 aromatic carbocycles. The number of carbonyl (C=O) groups excluding carboxylic acids is 2. The number of hydrogen-bond acceptors (Lipinski definition) is 4. The summed E-state index contributed by atoms with van der Waals surface area (Å²) in [6, 6.07) is -0.441. The number of rotatable bonds is 5. The molecule has 1 rings (SSSR count). The fourth-order valence-corrected chi connectivity index (χ4v) is 1.90. The summed E-state index contributed by atoms with van der Waals surface area (Å²) in [6.45, 7) is 0.864. The lowest BCUT2D eigenvalue weighted by Gasteiger charge is -2.22. The Kier molecular flexibility index (Phi) is 6.27. The highest BCUT2D eigenvalue weighted by molar-refractivity contribution is 5.95. The van der Waals surface area contributed by atoms with Crippen LogP contribution in [0.3, 0.4) is 0 Å².